The van der Waals surface area contributed by atoms with Gasteiger partial charge < -0.3 is 10.5 Å². The maximum absolute atomic E-state index is 5.90. The fourth-order valence-corrected chi connectivity index (χ4v) is 2.48. The number of hydrogen-bond donors (Lipinski definition) is 1. The molecule has 2 aromatic rings. The number of ether oxygens (including phenoxy) is 1. The van der Waals surface area contributed by atoms with Gasteiger partial charge in [0.15, 0.2) is 0 Å². The predicted molar refractivity (Wildman–Crippen MR) is 81.7 cm³/mol. The van der Waals surface area contributed by atoms with E-state index in [1.165, 1.54) is 0 Å². The lowest BCUT2D eigenvalue weighted by atomic mass is 10.2. The minimum absolute atomic E-state index is 0.445. The lowest BCUT2D eigenvalue weighted by Gasteiger charge is -2.11. The highest BCUT2D eigenvalue weighted by atomic mass is 79.9. The Labute approximate surface area is 127 Å². The fraction of sp³-hybridized carbons (Fsp3) is 0.429. The van der Waals surface area contributed by atoms with Crippen LogP contribution in [-0.2, 0) is 20.1 Å². The SMILES string of the molecule is Cc1ccc(OCc2c(Br)c(C)nn2C)c(CCN)n1. The summed E-state index contributed by atoms with van der Waals surface area (Å²) in [6, 6.07) is 3.89. The van der Waals surface area contributed by atoms with Crippen molar-refractivity contribution >= 4 is 15.9 Å². The number of pyridine rings is 1. The number of nitrogens with two attached hydrogens (primary N) is 1. The Balaban J connectivity index is 2.18. The zero-order chi connectivity index (χ0) is 14.7. The average Bonchev–Trinajstić information content (AvgIpc) is 2.64. The van der Waals surface area contributed by atoms with E-state index in [1.54, 1.807) is 0 Å². The van der Waals surface area contributed by atoms with Crippen LogP contribution in [0.2, 0.25) is 0 Å². The minimum Gasteiger partial charge on any atom is -0.485 e. The van der Waals surface area contributed by atoms with Crippen molar-refractivity contribution < 1.29 is 4.74 Å². The van der Waals surface area contributed by atoms with Gasteiger partial charge in [-0.2, -0.15) is 5.10 Å². The number of halogens is 1. The van der Waals surface area contributed by atoms with Crippen LogP contribution in [0.5, 0.6) is 5.75 Å². The Morgan fingerprint density at radius 2 is 2.10 bits per heavy atom. The fourth-order valence-electron chi connectivity index (χ4n) is 2.03. The normalized spacial score (nSPS) is 10.8. The van der Waals surface area contributed by atoms with Crippen LogP contribution in [0.4, 0.5) is 0 Å². The lowest BCUT2D eigenvalue weighted by Crippen LogP contribution is -2.09. The van der Waals surface area contributed by atoms with E-state index in [-0.39, 0.29) is 0 Å². The maximum Gasteiger partial charge on any atom is 0.141 e. The summed E-state index contributed by atoms with van der Waals surface area (Å²) in [5.41, 5.74) is 9.45. The molecule has 0 amide bonds. The molecule has 0 radical (unpaired) electrons. The third-order valence-electron chi connectivity index (χ3n) is 3.08. The summed E-state index contributed by atoms with van der Waals surface area (Å²) >= 11 is 3.54. The van der Waals surface area contributed by atoms with Crippen LogP contribution in [-0.4, -0.2) is 21.3 Å². The molecule has 0 aliphatic heterocycles. The zero-order valence-corrected chi connectivity index (χ0v) is 13.6. The van der Waals surface area contributed by atoms with Crippen LogP contribution in [0, 0.1) is 13.8 Å². The molecule has 0 unspecified atom stereocenters. The molecule has 0 saturated carbocycles. The van der Waals surface area contributed by atoms with Gasteiger partial charge >= 0.3 is 0 Å². The molecule has 20 heavy (non-hydrogen) atoms. The second kappa shape index (κ2) is 6.37. The van der Waals surface area contributed by atoms with Crippen molar-refractivity contribution in [3.63, 3.8) is 0 Å². The van der Waals surface area contributed by atoms with E-state index in [0.29, 0.717) is 19.6 Å². The molecule has 0 aromatic carbocycles. The standard InChI is InChI=1S/C14H19BrN4O/c1-9-4-5-13(11(17-9)6-7-16)20-8-12-14(15)10(2)18-19(12)3/h4-5H,6-8,16H2,1-3H3. The molecular weight excluding hydrogens is 320 g/mol. The maximum atomic E-state index is 5.90. The van der Waals surface area contributed by atoms with Gasteiger partial charge in [0.05, 0.1) is 21.6 Å². The largest absolute Gasteiger partial charge is 0.485 e. The van der Waals surface area contributed by atoms with Crippen molar-refractivity contribution in [1.29, 1.82) is 0 Å². The van der Waals surface area contributed by atoms with Crippen LogP contribution in [0.3, 0.4) is 0 Å². The van der Waals surface area contributed by atoms with Crippen molar-refractivity contribution in [3.05, 3.63) is 39.4 Å². The minimum atomic E-state index is 0.445. The smallest absolute Gasteiger partial charge is 0.141 e. The van der Waals surface area contributed by atoms with Gasteiger partial charge in [0.1, 0.15) is 12.4 Å². The van der Waals surface area contributed by atoms with Gasteiger partial charge in [-0.25, -0.2) is 0 Å². The van der Waals surface area contributed by atoms with Gasteiger partial charge in [0, 0.05) is 19.2 Å². The predicted octanol–water partition coefficient (Wildman–Crippen LogP) is 2.27. The Kier molecular flexibility index (Phi) is 4.77. The number of rotatable bonds is 5. The third-order valence-corrected chi connectivity index (χ3v) is 4.11. The molecule has 2 rings (SSSR count). The molecule has 0 spiro atoms. The van der Waals surface area contributed by atoms with Crippen molar-refractivity contribution in [2.75, 3.05) is 6.54 Å². The van der Waals surface area contributed by atoms with Gasteiger partial charge in [-0.15, -0.1) is 0 Å². The highest BCUT2D eigenvalue weighted by molar-refractivity contribution is 9.10. The number of aromatic nitrogens is 3. The van der Waals surface area contributed by atoms with Crippen LogP contribution in [0.1, 0.15) is 22.8 Å². The van der Waals surface area contributed by atoms with E-state index in [4.69, 9.17) is 10.5 Å². The molecule has 6 heteroatoms. The Morgan fingerprint density at radius 3 is 2.70 bits per heavy atom. The Bertz CT molecular complexity index is 609. The van der Waals surface area contributed by atoms with Crippen LogP contribution < -0.4 is 10.5 Å². The molecule has 0 atom stereocenters. The van der Waals surface area contributed by atoms with Crippen molar-refractivity contribution in [2.45, 2.75) is 26.9 Å². The van der Waals surface area contributed by atoms with Crippen LogP contribution in [0.15, 0.2) is 16.6 Å². The first kappa shape index (κ1) is 15.0. The average molecular weight is 339 g/mol. The molecule has 2 N–H and O–H groups in total. The first-order valence-electron chi connectivity index (χ1n) is 6.50. The molecule has 5 nitrogen and oxygen atoms in total. The topological polar surface area (TPSA) is 66.0 Å². The molecule has 0 bridgehead atoms. The van der Waals surface area contributed by atoms with Crippen molar-refractivity contribution in [3.8, 4) is 5.75 Å². The zero-order valence-electron chi connectivity index (χ0n) is 12.0. The van der Waals surface area contributed by atoms with E-state index in [2.05, 4.69) is 26.0 Å². The highest BCUT2D eigenvalue weighted by Gasteiger charge is 2.12. The molecular formula is C14H19BrN4O. The summed E-state index contributed by atoms with van der Waals surface area (Å²) in [5, 5.41) is 4.35. The summed E-state index contributed by atoms with van der Waals surface area (Å²) in [6.45, 7) is 4.92. The van der Waals surface area contributed by atoms with Crippen LogP contribution in [0.25, 0.3) is 0 Å². The number of aryl methyl sites for hydroxylation is 3. The summed E-state index contributed by atoms with van der Waals surface area (Å²) in [4.78, 5) is 4.49. The molecule has 2 heterocycles. The summed E-state index contributed by atoms with van der Waals surface area (Å²) < 4.78 is 8.71. The molecule has 0 saturated heterocycles. The second-order valence-corrected chi connectivity index (χ2v) is 5.49. The Hall–Kier alpha value is -1.40. The highest BCUT2D eigenvalue weighted by Crippen LogP contribution is 2.23. The summed E-state index contributed by atoms with van der Waals surface area (Å²) in [6.07, 6.45) is 0.711. The van der Waals surface area contributed by atoms with Gasteiger partial charge in [0.2, 0.25) is 0 Å². The summed E-state index contributed by atoms with van der Waals surface area (Å²) in [7, 11) is 1.91. The van der Waals surface area contributed by atoms with E-state index in [1.807, 2.05) is 37.7 Å². The van der Waals surface area contributed by atoms with E-state index >= 15 is 0 Å². The second-order valence-electron chi connectivity index (χ2n) is 4.69. The summed E-state index contributed by atoms with van der Waals surface area (Å²) in [5.74, 6) is 0.784. The first-order valence-corrected chi connectivity index (χ1v) is 7.29. The molecule has 2 aromatic heterocycles. The van der Waals surface area contributed by atoms with Gasteiger partial charge in [-0.05, 0) is 48.5 Å². The quantitative estimate of drug-likeness (QED) is 0.908. The molecule has 108 valence electrons. The van der Waals surface area contributed by atoms with Gasteiger partial charge in [0.25, 0.3) is 0 Å². The van der Waals surface area contributed by atoms with E-state index in [9.17, 15) is 0 Å². The molecule has 0 aliphatic carbocycles. The van der Waals surface area contributed by atoms with Crippen LogP contribution >= 0.6 is 15.9 Å². The van der Waals surface area contributed by atoms with E-state index < -0.39 is 0 Å². The number of hydrogen-bond acceptors (Lipinski definition) is 4. The Morgan fingerprint density at radius 1 is 1.35 bits per heavy atom. The van der Waals surface area contributed by atoms with Gasteiger partial charge in [-0.1, -0.05) is 0 Å². The van der Waals surface area contributed by atoms with Crippen molar-refractivity contribution in [2.24, 2.45) is 12.8 Å². The van der Waals surface area contributed by atoms with Crippen molar-refractivity contribution in [1.82, 2.24) is 14.8 Å². The molecule has 0 fully saturated rings. The first-order chi connectivity index (χ1) is 9.52. The van der Waals surface area contributed by atoms with Gasteiger partial charge in [-0.3, -0.25) is 9.67 Å². The third kappa shape index (κ3) is 3.19. The van der Waals surface area contributed by atoms with E-state index in [0.717, 1.165) is 33.0 Å². The molecule has 0 aliphatic rings. The lowest BCUT2D eigenvalue weighted by molar-refractivity contribution is 0.289. The number of nitrogens with zero attached hydrogens (tertiary/aromatic N) is 3. The monoisotopic (exact) mass is 338 g/mol.